The molecule has 1 aliphatic heterocycles. The zero-order valence-corrected chi connectivity index (χ0v) is 15.1. The summed E-state index contributed by atoms with van der Waals surface area (Å²) in [5.74, 6) is 1.47. The molecule has 0 aromatic heterocycles. The third kappa shape index (κ3) is 4.45. The molecule has 1 heterocycles. The Bertz CT molecular complexity index is 805. The Balaban J connectivity index is 1.67. The molecule has 0 unspecified atom stereocenters. The highest BCUT2D eigenvalue weighted by atomic mass is 19.1. The van der Waals surface area contributed by atoms with Crippen molar-refractivity contribution in [3.05, 3.63) is 53.8 Å². The first kappa shape index (κ1) is 18.0. The summed E-state index contributed by atoms with van der Waals surface area (Å²) in [6.45, 7) is 5.72. The van der Waals surface area contributed by atoms with Crippen molar-refractivity contribution in [3.8, 4) is 11.5 Å². The first-order chi connectivity index (χ1) is 12.4. The average Bonchev–Trinajstić information content (AvgIpc) is 2.85. The lowest BCUT2D eigenvalue weighted by Gasteiger charge is -2.23. The van der Waals surface area contributed by atoms with Gasteiger partial charge in [-0.2, -0.15) is 0 Å². The molecule has 0 saturated heterocycles. The van der Waals surface area contributed by atoms with Gasteiger partial charge in [0.2, 0.25) is 0 Å². The monoisotopic (exact) mass is 357 g/mol. The first-order valence-corrected chi connectivity index (χ1v) is 8.67. The van der Waals surface area contributed by atoms with E-state index in [1.54, 1.807) is 6.07 Å². The molecule has 3 rings (SSSR count). The number of halogens is 1. The molecule has 3 N–H and O–H groups in total. The summed E-state index contributed by atoms with van der Waals surface area (Å²) in [5.41, 5.74) is 7.34. The molecule has 0 aliphatic carbocycles. The normalized spacial score (nSPS) is 14.7. The van der Waals surface area contributed by atoms with Crippen LogP contribution in [0.25, 0.3) is 0 Å². The van der Waals surface area contributed by atoms with Gasteiger partial charge in [0, 0.05) is 23.6 Å². The lowest BCUT2D eigenvalue weighted by Crippen LogP contribution is -2.27. The Hall–Kier alpha value is -2.76. The van der Waals surface area contributed by atoms with E-state index in [2.05, 4.69) is 10.3 Å². The molecular formula is C20H24FN3O2. The van der Waals surface area contributed by atoms with Crippen molar-refractivity contribution in [1.82, 2.24) is 0 Å². The third-order valence-electron chi connectivity index (χ3n) is 4.27. The quantitative estimate of drug-likeness (QED) is 0.647. The number of nitrogens with one attached hydrogen (secondary N) is 1. The van der Waals surface area contributed by atoms with Gasteiger partial charge >= 0.3 is 0 Å². The largest absolute Gasteiger partial charge is 0.490 e. The molecule has 0 saturated carbocycles. The maximum absolute atomic E-state index is 13.5. The lowest BCUT2D eigenvalue weighted by molar-refractivity contribution is 0.297. The van der Waals surface area contributed by atoms with Gasteiger partial charge in [-0.15, -0.1) is 0 Å². The van der Waals surface area contributed by atoms with Crippen molar-refractivity contribution < 1.29 is 13.9 Å². The van der Waals surface area contributed by atoms with Crippen molar-refractivity contribution >= 4 is 11.6 Å². The van der Waals surface area contributed by atoms with E-state index in [0.29, 0.717) is 31.5 Å². The fourth-order valence-corrected chi connectivity index (χ4v) is 2.71. The second-order valence-electron chi connectivity index (χ2n) is 6.93. The van der Waals surface area contributed by atoms with E-state index in [1.807, 2.05) is 38.1 Å². The number of nitrogens with two attached hydrogens (primary N) is 1. The van der Waals surface area contributed by atoms with Gasteiger partial charge in [-0.1, -0.05) is 26.0 Å². The minimum atomic E-state index is -0.334. The van der Waals surface area contributed by atoms with Crippen molar-refractivity contribution in [1.29, 1.82) is 0 Å². The standard InChI is InChI=1S/C20H24FN3O2/c1-20(2,14-5-3-6-15(21)11-14)13-23-19(22)24-16-7-8-17-18(12-16)26-10-4-9-25-17/h3,5-8,11-12H,4,9-10,13H2,1-2H3,(H3,22,23,24). The summed E-state index contributed by atoms with van der Waals surface area (Å²) in [6.07, 6.45) is 0.857. The van der Waals surface area contributed by atoms with Crippen LogP contribution in [0.2, 0.25) is 0 Å². The van der Waals surface area contributed by atoms with Gasteiger partial charge in [-0.05, 0) is 29.8 Å². The Morgan fingerprint density at radius 3 is 2.69 bits per heavy atom. The summed E-state index contributed by atoms with van der Waals surface area (Å²) in [5, 5.41) is 3.07. The van der Waals surface area contributed by atoms with Gasteiger partial charge in [0.25, 0.3) is 0 Å². The number of benzene rings is 2. The average molecular weight is 357 g/mol. The highest BCUT2D eigenvalue weighted by Gasteiger charge is 2.21. The van der Waals surface area contributed by atoms with Crippen LogP contribution in [0.4, 0.5) is 10.1 Å². The second-order valence-corrected chi connectivity index (χ2v) is 6.93. The summed E-state index contributed by atoms with van der Waals surface area (Å²) < 4.78 is 24.7. The zero-order chi connectivity index (χ0) is 18.6. The summed E-state index contributed by atoms with van der Waals surface area (Å²) in [7, 11) is 0. The van der Waals surface area contributed by atoms with Gasteiger partial charge < -0.3 is 20.5 Å². The number of hydrogen-bond donors (Lipinski definition) is 2. The number of aliphatic imine (C=N–C) groups is 1. The highest BCUT2D eigenvalue weighted by molar-refractivity contribution is 5.92. The maximum Gasteiger partial charge on any atom is 0.193 e. The fourth-order valence-electron chi connectivity index (χ4n) is 2.71. The van der Waals surface area contributed by atoms with Crippen LogP contribution >= 0.6 is 0 Å². The summed E-state index contributed by atoms with van der Waals surface area (Å²) in [4.78, 5) is 4.42. The van der Waals surface area contributed by atoms with Crippen LogP contribution in [-0.2, 0) is 5.41 Å². The smallest absolute Gasteiger partial charge is 0.193 e. The molecule has 6 heteroatoms. The molecule has 1 aliphatic rings. The number of ether oxygens (including phenoxy) is 2. The molecule has 2 aromatic rings. The van der Waals surface area contributed by atoms with E-state index >= 15 is 0 Å². The first-order valence-electron chi connectivity index (χ1n) is 8.67. The highest BCUT2D eigenvalue weighted by Crippen LogP contribution is 2.32. The van der Waals surface area contributed by atoms with E-state index < -0.39 is 0 Å². The molecule has 0 bridgehead atoms. The van der Waals surface area contributed by atoms with Crippen LogP contribution in [0.15, 0.2) is 47.5 Å². The molecule has 0 spiro atoms. The molecular weight excluding hydrogens is 333 g/mol. The van der Waals surface area contributed by atoms with Gasteiger partial charge in [-0.3, -0.25) is 4.99 Å². The Kier molecular flexibility index (Phi) is 5.30. The van der Waals surface area contributed by atoms with E-state index in [-0.39, 0.29) is 11.2 Å². The summed E-state index contributed by atoms with van der Waals surface area (Å²) >= 11 is 0. The van der Waals surface area contributed by atoms with Crippen molar-refractivity contribution in [2.24, 2.45) is 10.7 Å². The number of hydrogen-bond acceptors (Lipinski definition) is 3. The van der Waals surface area contributed by atoms with Gasteiger partial charge in [0.05, 0.1) is 19.8 Å². The molecule has 138 valence electrons. The molecule has 0 atom stereocenters. The van der Waals surface area contributed by atoms with Gasteiger partial charge in [0.15, 0.2) is 17.5 Å². The van der Waals surface area contributed by atoms with Crippen LogP contribution in [0, 0.1) is 5.82 Å². The maximum atomic E-state index is 13.5. The van der Waals surface area contributed by atoms with Crippen LogP contribution < -0.4 is 20.5 Å². The minimum Gasteiger partial charge on any atom is -0.490 e. The number of anilines is 1. The zero-order valence-electron chi connectivity index (χ0n) is 15.1. The van der Waals surface area contributed by atoms with Crippen LogP contribution in [0.1, 0.15) is 25.8 Å². The van der Waals surface area contributed by atoms with Crippen LogP contribution in [0.5, 0.6) is 11.5 Å². The van der Waals surface area contributed by atoms with E-state index in [1.165, 1.54) is 12.1 Å². The SMILES string of the molecule is CC(C)(CN=C(N)Nc1ccc2c(c1)OCCCO2)c1cccc(F)c1. The number of nitrogens with zero attached hydrogens (tertiary/aromatic N) is 1. The number of guanidine groups is 1. The van der Waals surface area contributed by atoms with Gasteiger partial charge in [0.1, 0.15) is 5.82 Å². The molecule has 0 fully saturated rings. The minimum absolute atomic E-state index is 0.252. The Morgan fingerprint density at radius 1 is 1.15 bits per heavy atom. The topological polar surface area (TPSA) is 68.9 Å². The molecule has 26 heavy (non-hydrogen) atoms. The third-order valence-corrected chi connectivity index (χ3v) is 4.27. The van der Waals surface area contributed by atoms with Crippen molar-refractivity contribution in [3.63, 3.8) is 0 Å². The molecule has 2 aromatic carbocycles. The lowest BCUT2D eigenvalue weighted by atomic mass is 9.85. The fraction of sp³-hybridized carbons (Fsp3) is 0.350. The summed E-state index contributed by atoms with van der Waals surface area (Å²) in [6, 6.07) is 12.1. The second kappa shape index (κ2) is 7.64. The predicted molar refractivity (Wildman–Crippen MR) is 102 cm³/mol. The number of fused-ring (bicyclic) bond motifs is 1. The van der Waals surface area contributed by atoms with Crippen LogP contribution in [-0.4, -0.2) is 25.7 Å². The van der Waals surface area contributed by atoms with Crippen molar-refractivity contribution in [2.45, 2.75) is 25.7 Å². The molecule has 0 radical (unpaired) electrons. The molecule has 5 nitrogen and oxygen atoms in total. The van der Waals surface area contributed by atoms with Crippen molar-refractivity contribution in [2.75, 3.05) is 25.1 Å². The van der Waals surface area contributed by atoms with Crippen LogP contribution in [0.3, 0.4) is 0 Å². The molecule has 0 amide bonds. The van der Waals surface area contributed by atoms with E-state index in [0.717, 1.165) is 23.4 Å². The Morgan fingerprint density at radius 2 is 1.92 bits per heavy atom. The van der Waals surface area contributed by atoms with E-state index in [9.17, 15) is 4.39 Å². The number of rotatable bonds is 4. The predicted octanol–water partition coefficient (Wildman–Crippen LogP) is 3.69. The Labute approximate surface area is 153 Å². The van der Waals surface area contributed by atoms with Gasteiger partial charge in [-0.25, -0.2) is 4.39 Å². The van der Waals surface area contributed by atoms with E-state index in [4.69, 9.17) is 15.2 Å².